The average molecular weight is 136 g/mol. The molecule has 0 aromatic rings. The smallest absolute Gasteiger partial charge is 0.811 e. The first kappa shape index (κ1) is 16.7. The van der Waals surface area contributed by atoms with Crippen LogP contribution < -0.4 is 47.5 Å². The first-order chi connectivity index (χ1) is 2.94. The van der Waals surface area contributed by atoms with Crippen molar-refractivity contribution in [1.29, 1.82) is 0 Å². The maximum Gasteiger partial charge on any atom is 1.00 e. The van der Waals surface area contributed by atoms with Crippen LogP contribution in [0.3, 0.4) is 0 Å². The third-order valence-corrected chi connectivity index (χ3v) is 1.90. The Bertz CT molecular complexity index is 99.2. The zero-order chi connectivity index (χ0) is 6.08. The fraction of sp³-hybridized carbons (Fsp3) is 1.00. The average Bonchev–Trinajstić information content (AvgIpc) is 1.31. The van der Waals surface area contributed by atoms with Crippen LogP contribution in [0.1, 0.15) is 13.8 Å². The first-order valence-corrected chi connectivity index (χ1v) is 3.57. The molecule has 0 rings (SSSR count). The van der Waals surface area contributed by atoms with E-state index in [-0.39, 0.29) is 37.7 Å². The molecule has 0 aliphatic carbocycles. The van der Waals surface area contributed by atoms with Crippen molar-refractivity contribution in [3.05, 3.63) is 0 Å². The Hall–Kier alpha value is 1.34. The Morgan fingerprint density at radius 1 is 1.22 bits per heavy atom. The molecule has 0 unspecified atom stereocenters. The van der Waals surface area contributed by atoms with Gasteiger partial charge in [-0.3, -0.25) is 0 Å². The van der Waals surface area contributed by atoms with Gasteiger partial charge in [-0.05, 0) is 5.66 Å². The molecule has 0 aliphatic heterocycles. The third kappa shape index (κ3) is 9.34. The maximum atomic E-state index is 9.80. The van der Waals surface area contributed by atoms with Gasteiger partial charge in [0.2, 0.25) is 0 Å². The van der Waals surface area contributed by atoms with E-state index in [0.717, 1.165) is 0 Å². The SMILES string of the molecule is CC(C)P(=O)([O-])[O-].[Li+].[Li+]. The van der Waals surface area contributed by atoms with Crippen molar-refractivity contribution < 1.29 is 52.1 Å². The Morgan fingerprint density at radius 2 is 1.33 bits per heavy atom. The minimum atomic E-state index is -4.24. The molecule has 0 aromatic carbocycles. The van der Waals surface area contributed by atoms with Gasteiger partial charge < -0.3 is 14.4 Å². The Morgan fingerprint density at radius 3 is 1.33 bits per heavy atom. The molecule has 0 radical (unpaired) electrons. The molecule has 0 fully saturated rings. The predicted octanol–water partition coefficient (Wildman–Crippen LogP) is -6.68. The van der Waals surface area contributed by atoms with Crippen molar-refractivity contribution >= 4 is 7.60 Å². The van der Waals surface area contributed by atoms with Gasteiger partial charge in [-0.15, -0.1) is 0 Å². The standard InChI is InChI=1S/C3H9O3P.2Li/c1-3(2)7(4,5)6;;/h3H,1-2H3,(H2,4,5,6);;/q;2*+1/p-2. The first-order valence-electron chi connectivity index (χ1n) is 1.96. The Labute approximate surface area is 79.1 Å². The molecule has 44 valence electrons. The minimum absolute atomic E-state index is 0. The van der Waals surface area contributed by atoms with Gasteiger partial charge in [0.05, 0.1) is 0 Å². The van der Waals surface area contributed by atoms with Crippen molar-refractivity contribution in [2.75, 3.05) is 0 Å². The molecule has 0 saturated carbocycles. The molecule has 9 heavy (non-hydrogen) atoms. The van der Waals surface area contributed by atoms with Gasteiger partial charge in [-0.2, -0.15) is 0 Å². The molecule has 0 aromatic heterocycles. The molecule has 3 nitrogen and oxygen atoms in total. The van der Waals surface area contributed by atoms with Crippen LogP contribution in [0.15, 0.2) is 0 Å². The minimum Gasteiger partial charge on any atom is -0.811 e. The van der Waals surface area contributed by atoms with Gasteiger partial charge in [0.25, 0.3) is 0 Å². The van der Waals surface area contributed by atoms with E-state index in [1.807, 2.05) is 0 Å². The van der Waals surface area contributed by atoms with Gasteiger partial charge in [0.15, 0.2) is 0 Å². The summed E-state index contributed by atoms with van der Waals surface area (Å²) in [4.78, 5) is 19.6. The van der Waals surface area contributed by atoms with Crippen LogP contribution in [0.25, 0.3) is 0 Å². The summed E-state index contributed by atoms with van der Waals surface area (Å²) in [7, 11) is -4.24. The van der Waals surface area contributed by atoms with Crippen LogP contribution in [0, 0.1) is 0 Å². The summed E-state index contributed by atoms with van der Waals surface area (Å²) in [5.41, 5.74) is -0.757. The van der Waals surface area contributed by atoms with Crippen LogP contribution in [-0.4, -0.2) is 5.66 Å². The summed E-state index contributed by atoms with van der Waals surface area (Å²) < 4.78 is 9.80. The number of hydrogen-bond donors (Lipinski definition) is 0. The predicted molar refractivity (Wildman–Crippen MR) is 22.7 cm³/mol. The van der Waals surface area contributed by atoms with Crippen molar-refractivity contribution in [3.63, 3.8) is 0 Å². The second-order valence-corrected chi connectivity index (χ2v) is 3.75. The summed E-state index contributed by atoms with van der Waals surface area (Å²) in [5, 5.41) is 0. The fourth-order valence-corrected chi connectivity index (χ4v) is 0. The van der Waals surface area contributed by atoms with Crippen LogP contribution in [0.4, 0.5) is 0 Å². The topological polar surface area (TPSA) is 63.2 Å². The van der Waals surface area contributed by atoms with E-state index < -0.39 is 13.3 Å². The summed E-state index contributed by atoms with van der Waals surface area (Å²) in [5.74, 6) is 0. The van der Waals surface area contributed by atoms with Crippen LogP contribution in [0.5, 0.6) is 0 Å². The normalized spacial score (nSPS) is 9.89. The summed E-state index contributed by atoms with van der Waals surface area (Å²) in [6.07, 6.45) is 0. The molecule has 0 amide bonds. The van der Waals surface area contributed by atoms with Crippen molar-refractivity contribution in [3.8, 4) is 0 Å². The van der Waals surface area contributed by atoms with Gasteiger partial charge >= 0.3 is 37.7 Å². The molecule has 0 saturated heterocycles. The van der Waals surface area contributed by atoms with Crippen LogP contribution in [-0.2, 0) is 4.57 Å². The molecule has 0 bridgehead atoms. The second-order valence-electron chi connectivity index (χ2n) is 1.63. The Kier molecular flexibility index (Phi) is 11.3. The molecule has 0 atom stereocenters. The second kappa shape index (κ2) is 6.08. The molecule has 0 spiro atoms. The van der Waals surface area contributed by atoms with E-state index in [2.05, 4.69) is 0 Å². The summed E-state index contributed by atoms with van der Waals surface area (Å²) >= 11 is 0. The quantitative estimate of drug-likeness (QED) is 0.266. The van der Waals surface area contributed by atoms with Gasteiger partial charge in [-0.25, -0.2) is 0 Å². The number of rotatable bonds is 1. The van der Waals surface area contributed by atoms with Crippen LogP contribution >= 0.6 is 7.60 Å². The number of hydrogen-bond acceptors (Lipinski definition) is 3. The molecular formula is C3H7Li2O3P. The summed E-state index contributed by atoms with van der Waals surface area (Å²) in [6.45, 7) is 2.72. The van der Waals surface area contributed by atoms with E-state index in [4.69, 9.17) is 0 Å². The fourth-order valence-electron chi connectivity index (χ4n) is 0. The van der Waals surface area contributed by atoms with E-state index in [1.165, 1.54) is 13.8 Å². The molecule has 0 N–H and O–H groups in total. The van der Waals surface area contributed by atoms with Crippen molar-refractivity contribution in [2.45, 2.75) is 19.5 Å². The molecule has 0 aliphatic rings. The molecule has 6 heteroatoms. The zero-order valence-electron chi connectivity index (χ0n) is 6.25. The summed E-state index contributed by atoms with van der Waals surface area (Å²) in [6, 6.07) is 0. The van der Waals surface area contributed by atoms with E-state index >= 15 is 0 Å². The maximum absolute atomic E-state index is 9.80. The van der Waals surface area contributed by atoms with Gasteiger partial charge in [0, 0.05) is 0 Å². The Balaban J connectivity index is -0.000000180. The zero-order valence-corrected chi connectivity index (χ0v) is 7.14. The monoisotopic (exact) mass is 136 g/mol. The third-order valence-electron chi connectivity index (χ3n) is 0.632. The van der Waals surface area contributed by atoms with Gasteiger partial charge in [-0.1, -0.05) is 21.4 Å². The molecule has 0 heterocycles. The van der Waals surface area contributed by atoms with Crippen molar-refractivity contribution in [1.82, 2.24) is 0 Å². The molecular weight excluding hydrogens is 129 g/mol. The van der Waals surface area contributed by atoms with Gasteiger partial charge in [0.1, 0.15) is 0 Å². The van der Waals surface area contributed by atoms with E-state index in [0.29, 0.717) is 0 Å². The van der Waals surface area contributed by atoms with E-state index in [9.17, 15) is 14.4 Å². The van der Waals surface area contributed by atoms with Crippen LogP contribution in [0.2, 0.25) is 0 Å². The van der Waals surface area contributed by atoms with Crippen molar-refractivity contribution in [2.24, 2.45) is 0 Å². The largest absolute Gasteiger partial charge is 1.00 e. The van der Waals surface area contributed by atoms with E-state index in [1.54, 1.807) is 0 Å².